The summed E-state index contributed by atoms with van der Waals surface area (Å²) in [4.78, 5) is 8.69. The van der Waals surface area contributed by atoms with Crippen LogP contribution in [-0.2, 0) is 0 Å². The number of benzene rings is 2. The van der Waals surface area contributed by atoms with Crippen LogP contribution in [0.2, 0.25) is 0 Å². The van der Waals surface area contributed by atoms with Crippen LogP contribution in [0.1, 0.15) is 11.5 Å². The molecule has 3 heteroatoms. The highest BCUT2D eigenvalue weighted by Crippen LogP contribution is 2.12. The lowest BCUT2D eigenvalue weighted by molar-refractivity contribution is 0.553. The molecule has 0 spiro atoms. The zero-order chi connectivity index (χ0) is 14.3. The summed E-state index contributed by atoms with van der Waals surface area (Å²) in [7, 11) is 0. The summed E-state index contributed by atoms with van der Waals surface area (Å²) in [5.41, 5.74) is 1.79. The van der Waals surface area contributed by atoms with E-state index in [9.17, 15) is 0 Å². The second-order valence-corrected chi connectivity index (χ2v) is 4.43. The van der Waals surface area contributed by atoms with Gasteiger partial charge in [-0.3, -0.25) is 9.98 Å². The monoisotopic (exact) mass is 274 g/mol. The SMILES string of the molecule is C(=N/c1ccccc1)/c1ccc(/C=N\c2ccccc2)o1. The van der Waals surface area contributed by atoms with E-state index in [0.29, 0.717) is 11.5 Å². The van der Waals surface area contributed by atoms with E-state index < -0.39 is 0 Å². The van der Waals surface area contributed by atoms with E-state index in [-0.39, 0.29) is 0 Å². The summed E-state index contributed by atoms with van der Waals surface area (Å²) >= 11 is 0. The van der Waals surface area contributed by atoms with Crippen molar-refractivity contribution < 1.29 is 4.42 Å². The quantitative estimate of drug-likeness (QED) is 0.631. The Balaban J connectivity index is 1.69. The molecule has 0 saturated carbocycles. The maximum absolute atomic E-state index is 5.63. The molecule has 0 aliphatic carbocycles. The Bertz CT molecular complexity index is 679. The van der Waals surface area contributed by atoms with E-state index >= 15 is 0 Å². The standard InChI is InChI=1S/C18H14N2O/c1-3-7-15(8-4-1)19-13-17-11-12-18(21-17)14-20-16-9-5-2-6-10-16/h1-14H/b19-13-,20-14-. The Kier molecular flexibility index (Phi) is 4.03. The Morgan fingerprint density at radius 1 is 0.571 bits per heavy atom. The fourth-order valence-corrected chi connectivity index (χ4v) is 1.81. The summed E-state index contributed by atoms with van der Waals surface area (Å²) < 4.78 is 5.63. The average molecular weight is 274 g/mol. The fraction of sp³-hybridized carbons (Fsp3) is 0. The largest absolute Gasteiger partial charge is 0.454 e. The first-order chi connectivity index (χ1) is 10.4. The van der Waals surface area contributed by atoms with E-state index in [1.165, 1.54) is 0 Å². The lowest BCUT2D eigenvalue weighted by Gasteiger charge is -1.91. The van der Waals surface area contributed by atoms with Crippen molar-refractivity contribution in [3.05, 3.63) is 84.3 Å². The van der Waals surface area contributed by atoms with Crippen LogP contribution in [0, 0.1) is 0 Å². The first kappa shape index (κ1) is 13.1. The summed E-state index contributed by atoms with van der Waals surface area (Å²) in [5, 5.41) is 0. The molecule has 21 heavy (non-hydrogen) atoms. The highest BCUT2D eigenvalue weighted by Gasteiger charge is 1.97. The summed E-state index contributed by atoms with van der Waals surface area (Å²) in [6.45, 7) is 0. The van der Waals surface area contributed by atoms with Gasteiger partial charge >= 0.3 is 0 Å². The molecule has 0 fully saturated rings. The van der Waals surface area contributed by atoms with Gasteiger partial charge in [-0.25, -0.2) is 0 Å². The van der Waals surface area contributed by atoms with Gasteiger partial charge in [-0.1, -0.05) is 36.4 Å². The van der Waals surface area contributed by atoms with Crippen molar-refractivity contribution in [3.63, 3.8) is 0 Å². The molecule has 3 aromatic rings. The number of nitrogens with zero attached hydrogens (tertiary/aromatic N) is 2. The van der Waals surface area contributed by atoms with E-state index in [4.69, 9.17) is 4.42 Å². The summed E-state index contributed by atoms with van der Waals surface area (Å²) in [5.74, 6) is 1.40. The molecule has 102 valence electrons. The maximum atomic E-state index is 5.63. The molecule has 0 bridgehead atoms. The number of aliphatic imine (C=N–C) groups is 2. The Morgan fingerprint density at radius 3 is 1.43 bits per heavy atom. The van der Waals surface area contributed by atoms with Gasteiger partial charge in [0.2, 0.25) is 0 Å². The maximum Gasteiger partial charge on any atom is 0.145 e. The fourth-order valence-electron chi connectivity index (χ4n) is 1.81. The van der Waals surface area contributed by atoms with Crippen molar-refractivity contribution in [2.24, 2.45) is 9.98 Å². The molecule has 0 aliphatic heterocycles. The number of furan rings is 1. The topological polar surface area (TPSA) is 37.9 Å². The molecule has 0 atom stereocenters. The van der Waals surface area contributed by atoms with Gasteiger partial charge in [0.15, 0.2) is 0 Å². The van der Waals surface area contributed by atoms with Crippen molar-refractivity contribution in [3.8, 4) is 0 Å². The molecule has 1 aromatic heterocycles. The number of hydrogen-bond donors (Lipinski definition) is 0. The van der Waals surface area contributed by atoms with Crippen molar-refractivity contribution in [1.82, 2.24) is 0 Å². The smallest absolute Gasteiger partial charge is 0.145 e. The van der Waals surface area contributed by atoms with E-state index in [1.54, 1.807) is 12.4 Å². The third-order valence-corrected chi connectivity index (χ3v) is 2.84. The molecule has 0 saturated heterocycles. The minimum atomic E-state index is 0.702. The zero-order valence-electron chi connectivity index (χ0n) is 11.4. The Labute approximate surface area is 123 Å². The van der Waals surface area contributed by atoms with Crippen LogP contribution in [0.3, 0.4) is 0 Å². The van der Waals surface area contributed by atoms with Crippen LogP contribution in [0.4, 0.5) is 11.4 Å². The van der Waals surface area contributed by atoms with Gasteiger partial charge in [-0.2, -0.15) is 0 Å². The molecular formula is C18H14N2O. The van der Waals surface area contributed by atoms with Crippen LogP contribution < -0.4 is 0 Å². The minimum Gasteiger partial charge on any atom is -0.454 e. The first-order valence-electron chi connectivity index (χ1n) is 6.68. The predicted molar refractivity (Wildman–Crippen MR) is 86.1 cm³/mol. The minimum absolute atomic E-state index is 0.702. The van der Waals surface area contributed by atoms with Crippen LogP contribution in [0.5, 0.6) is 0 Å². The van der Waals surface area contributed by atoms with Gasteiger partial charge < -0.3 is 4.42 Å². The second kappa shape index (κ2) is 6.48. The number of para-hydroxylation sites is 2. The van der Waals surface area contributed by atoms with Crippen molar-refractivity contribution in [1.29, 1.82) is 0 Å². The van der Waals surface area contributed by atoms with E-state index in [2.05, 4.69) is 9.98 Å². The van der Waals surface area contributed by atoms with Crippen LogP contribution >= 0.6 is 0 Å². The van der Waals surface area contributed by atoms with Gasteiger partial charge in [0.25, 0.3) is 0 Å². The predicted octanol–water partition coefficient (Wildman–Crippen LogP) is 4.78. The lowest BCUT2D eigenvalue weighted by Crippen LogP contribution is -1.76. The number of hydrogen-bond acceptors (Lipinski definition) is 3. The molecule has 0 amide bonds. The third-order valence-electron chi connectivity index (χ3n) is 2.84. The molecule has 1 heterocycles. The van der Waals surface area contributed by atoms with Crippen LogP contribution in [0.25, 0.3) is 0 Å². The normalized spacial score (nSPS) is 11.4. The molecule has 3 nitrogen and oxygen atoms in total. The third kappa shape index (κ3) is 3.76. The highest BCUT2D eigenvalue weighted by atomic mass is 16.3. The molecule has 0 N–H and O–H groups in total. The molecule has 2 aromatic carbocycles. The lowest BCUT2D eigenvalue weighted by atomic mass is 10.3. The second-order valence-electron chi connectivity index (χ2n) is 4.43. The summed E-state index contributed by atoms with van der Waals surface area (Å²) in [6, 6.07) is 23.2. The summed E-state index contributed by atoms with van der Waals surface area (Å²) in [6.07, 6.45) is 3.41. The zero-order valence-corrected chi connectivity index (χ0v) is 11.4. The molecule has 0 aliphatic rings. The molecule has 0 radical (unpaired) electrons. The van der Waals surface area contributed by atoms with Crippen molar-refractivity contribution in [2.45, 2.75) is 0 Å². The van der Waals surface area contributed by atoms with Crippen LogP contribution in [0.15, 0.2) is 87.2 Å². The van der Waals surface area contributed by atoms with Gasteiger partial charge in [-0.05, 0) is 36.4 Å². The van der Waals surface area contributed by atoms with Crippen molar-refractivity contribution >= 4 is 23.8 Å². The van der Waals surface area contributed by atoms with E-state index in [1.807, 2.05) is 72.8 Å². The molecule has 0 unspecified atom stereocenters. The van der Waals surface area contributed by atoms with Gasteiger partial charge in [0.1, 0.15) is 11.5 Å². The van der Waals surface area contributed by atoms with Gasteiger partial charge in [0.05, 0.1) is 23.8 Å². The van der Waals surface area contributed by atoms with Crippen molar-refractivity contribution in [2.75, 3.05) is 0 Å². The number of rotatable bonds is 4. The molecular weight excluding hydrogens is 260 g/mol. The van der Waals surface area contributed by atoms with E-state index in [0.717, 1.165) is 11.4 Å². The average Bonchev–Trinajstić information content (AvgIpc) is 3.01. The first-order valence-corrected chi connectivity index (χ1v) is 6.68. The van der Waals surface area contributed by atoms with Gasteiger partial charge in [0, 0.05) is 0 Å². The van der Waals surface area contributed by atoms with Crippen LogP contribution in [-0.4, -0.2) is 12.4 Å². The van der Waals surface area contributed by atoms with Gasteiger partial charge in [-0.15, -0.1) is 0 Å². The Hall–Kier alpha value is -2.94. The molecule has 3 rings (SSSR count). The Morgan fingerprint density at radius 2 is 1.00 bits per heavy atom. The highest BCUT2D eigenvalue weighted by molar-refractivity contribution is 5.83.